The van der Waals surface area contributed by atoms with Crippen molar-refractivity contribution in [3.63, 3.8) is 0 Å². The van der Waals surface area contributed by atoms with Gasteiger partial charge >= 0.3 is 5.97 Å². The normalized spacial score (nSPS) is 19.5. The maximum atomic E-state index is 11.6. The largest absolute Gasteiger partial charge is 0.481 e. The molecule has 3 nitrogen and oxygen atoms in total. The van der Waals surface area contributed by atoms with Crippen molar-refractivity contribution >= 4 is 28.1 Å². The second-order valence-corrected chi connectivity index (χ2v) is 8.45. The molecule has 1 fully saturated rings. The summed E-state index contributed by atoms with van der Waals surface area (Å²) in [5, 5.41) is 12.0. The number of hydrogen-bond donors (Lipinski definition) is 1. The summed E-state index contributed by atoms with van der Waals surface area (Å²) < 4.78 is 0. The van der Waals surface area contributed by atoms with E-state index in [9.17, 15) is 9.90 Å². The predicted octanol–water partition coefficient (Wildman–Crippen LogP) is 5.10. The standard InChI is InChI=1S/C22H23NO2S/c1-15-8-11-20(26-15)21(23-12-4-7-19(14-23)22(24)25)18-10-9-16-5-2-3-6-17(16)13-18/h2-3,5-6,8-11,13,19,21H,4,7,12,14H2,1H3,(H,24,25). The zero-order valence-electron chi connectivity index (χ0n) is 14.9. The van der Waals surface area contributed by atoms with E-state index in [1.807, 2.05) is 11.3 Å². The molecule has 2 unspecified atom stereocenters. The lowest BCUT2D eigenvalue weighted by Crippen LogP contribution is -2.41. The molecule has 134 valence electrons. The fraction of sp³-hybridized carbons (Fsp3) is 0.318. The summed E-state index contributed by atoms with van der Waals surface area (Å²) in [4.78, 5) is 16.5. The quantitative estimate of drug-likeness (QED) is 0.699. The summed E-state index contributed by atoms with van der Waals surface area (Å²) in [7, 11) is 0. The van der Waals surface area contributed by atoms with Crippen molar-refractivity contribution in [2.24, 2.45) is 5.92 Å². The molecular weight excluding hydrogens is 342 g/mol. The highest BCUT2D eigenvalue weighted by Crippen LogP contribution is 2.37. The monoisotopic (exact) mass is 365 g/mol. The summed E-state index contributed by atoms with van der Waals surface area (Å²) in [5.74, 6) is -0.943. The van der Waals surface area contributed by atoms with Crippen molar-refractivity contribution in [1.82, 2.24) is 4.90 Å². The molecule has 0 spiro atoms. The van der Waals surface area contributed by atoms with Crippen molar-refractivity contribution in [2.75, 3.05) is 13.1 Å². The number of carboxylic acid groups (broad SMARTS) is 1. The van der Waals surface area contributed by atoms with Gasteiger partial charge in [-0.3, -0.25) is 9.69 Å². The van der Waals surface area contributed by atoms with Crippen molar-refractivity contribution in [1.29, 1.82) is 0 Å². The van der Waals surface area contributed by atoms with Crippen LogP contribution in [0.5, 0.6) is 0 Å². The number of piperidine rings is 1. The molecule has 0 radical (unpaired) electrons. The molecule has 1 saturated heterocycles. The minimum Gasteiger partial charge on any atom is -0.481 e. The van der Waals surface area contributed by atoms with Gasteiger partial charge in [0.15, 0.2) is 0 Å². The highest BCUT2D eigenvalue weighted by Gasteiger charge is 2.31. The van der Waals surface area contributed by atoms with E-state index in [1.54, 1.807) is 0 Å². The third-order valence-corrected chi connectivity index (χ3v) is 6.34. The molecule has 1 aromatic heterocycles. The van der Waals surface area contributed by atoms with Gasteiger partial charge in [-0.05, 0) is 60.8 Å². The minimum absolute atomic E-state index is 0.125. The van der Waals surface area contributed by atoms with Crippen LogP contribution in [0, 0.1) is 12.8 Å². The van der Waals surface area contributed by atoms with Crippen LogP contribution in [-0.4, -0.2) is 29.1 Å². The molecule has 0 bridgehead atoms. The minimum atomic E-state index is -0.672. The number of aryl methyl sites for hydroxylation is 1. The topological polar surface area (TPSA) is 40.5 Å². The Morgan fingerprint density at radius 1 is 1.15 bits per heavy atom. The number of thiophene rings is 1. The average molecular weight is 365 g/mol. The lowest BCUT2D eigenvalue weighted by Gasteiger charge is -2.37. The number of carbonyl (C=O) groups is 1. The van der Waals surface area contributed by atoms with Gasteiger partial charge in [-0.15, -0.1) is 11.3 Å². The van der Waals surface area contributed by atoms with Crippen LogP contribution < -0.4 is 0 Å². The van der Waals surface area contributed by atoms with Crippen LogP contribution in [0.25, 0.3) is 10.8 Å². The Kier molecular flexibility index (Phi) is 4.79. The molecule has 1 aliphatic heterocycles. The Bertz CT molecular complexity index is 933. The molecule has 1 aliphatic rings. The third-order valence-electron chi connectivity index (χ3n) is 5.29. The van der Waals surface area contributed by atoms with Gasteiger partial charge in [0.2, 0.25) is 0 Å². The summed E-state index contributed by atoms with van der Waals surface area (Å²) in [6, 6.07) is 19.5. The molecule has 4 heteroatoms. The van der Waals surface area contributed by atoms with Crippen LogP contribution in [0.4, 0.5) is 0 Å². The summed E-state index contributed by atoms with van der Waals surface area (Å²) >= 11 is 1.81. The number of likely N-dealkylation sites (tertiary alicyclic amines) is 1. The van der Waals surface area contributed by atoms with E-state index >= 15 is 0 Å². The molecule has 3 aromatic rings. The zero-order chi connectivity index (χ0) is 18.1. The van der Waals surface area contributed by atoms with E-state index in [4.69, 9.17) is 0 Å². The fourth-order valence-electron chi connectivity index (χ4n) is 3.98. The molecule has 0 saturated carbocycles. The third kappa shape index (κ3) is 3.39. The fourth-order valence-corrected chi connectivity index (χ4v) is 5.02. The van der Waals surface area contributed by atoms with Crippen molar-refractivity contribution in [2.45, 2.75) is 25.8 Å². The van der Waals surface area contributed by atoms with Gasteiger partial charge in [-0.1, -0.05) is 36.4 Å². The predicted molar refractivity (Wildman–Crippen MR) is 107 cm³/mol. The second-order valence-electron chi connectivity index (χ2n) is 7.13. The Morgan fingerprint density at radius 3 is 2.69 bits per heavy atom. The Hall–Kier alpha value is -2.17. The average Bonchev–Trinajstić information content (AvgIpc) is 3.08. The zero-order valence-corrected chi connectivity index (χ0v) is 15.7. The number of aliphatic carboxylic acids is 1. The van der Waals surface area contributed by atoms with Crippen molar-refractivity contribution in [3.05, 3.63) is 69.9 Å². The molecule has 0 amide bonds. The van der Waals surface area contributed by atoms with Gasteiger partial charge in [0.25, 0.3) is 0 Å². The first-order valence-electron chi connectivity index (χ1n) is 9.14. The number of nitrogens with zero attached hydrogens (tertiary/aromatic N) is 1. The number of hydrogen-bond acceptors (Lipinski definition) is 3. The van der Waals surface area contributed by atoms with E-state index in [2.05, 4.69) is 66.4 Å². The molecule has 2 heterocycles. The lowest BCUT2D eigenvalue weighted by molar-refractivity contribution is -0.143. The van der Waals surface area contributed by atoms with Crippen LogP contribution >= 0.6 is 11.3 Å². The number of carboxylic acids is 1. The van der Waals surface area contributed by atoms with Crippen molar-refractivity contribution in [3.8, 4) is 0 Å². The van der Waals surface area contributed by atoms with Gasteiger partial charge in [0.1, 0.15) is 0 Å². The van der Waals surface area contributed by atoms with Crippen LogP contribution in [0.2, 0.25) is 0 Å². The molecule has 2 atom stereocenters. The molecule has 1 N–H and O–H groups in total. The van der Waals surface area contributed by atoms with E-state index in [0.29, 0.717) is 6.54 Å². The number of rotatable bonds is 4. The second kappa shape index (κ2) is 7.22. The maximum absolute atomic E-state index is 11.6. The SMILES string of the molecule is Cc1ccc(C(c2ccc3ccccc3c2)N2CCCC(C(=O)O)C2)s1. The first-order chi connectivity index (χ1) is 12.6. The summed E-state index contributed by atoms with van der Waals surface area (Å²) in [6.07, 6.45) is 1.71. The smallest absolute Gasteiger partial charge is 0.307 e. The Balaban J connectivity index is 1.76. The highest BCUT2D eigenvalue weighted by molar-refractivity contribution is 7.12. The first-order valence-corrected chi connectivity index (χ1v) is 9.95. The van der Waals surface area contributed by atoms with Gasteiger partial charge in [-0.2, -0.15) is 0 Å². The van der Waals surface area contributed by atoms with E-state index < -0.39 is 5.97 Å². The van der Waals surface area contributed by atoms with Gasteiger partial charge in [-0.25, -0.2) is 0 Å². The first kappa shape index (κ1) is 17.3. The van der Waals surface area contributed by atoms with E-state index in [-0.39, 0.29) is 12.0 Å². The molecule has 26 heavy (non-hydrogen) atoms. The number of fused-ring (bicyclic) bond motifs is 1. The van der Waals surface area contributed by atoms with Crippen LogP contribution in [-0.2, 0) is 4.79 Å². The Morgan fingerprint density at radius 2 is 1.96 bits per heavy atom. The summed E-state index contributed by atoms with van der Waals surface area (Å²) in [5.41, 5.74) is 1.25. The van der Waals surface area contributed by atoms with E-state index in [1.165, 1.54) is 26.1 Å². The van der Waals surface area contributed by atoms with Crippen molar-refractivity contribution < 1.29 is 9.90 Å². The molecule has 4 rings (SSSR count). The van der Waals surface area contributed by atoms with E-state index in [0.717, 1.165) is 19.4 Å². The maximum Gasteiger partial charge on any atom is 0.307 e. The highest BCUT2D eigenvalue weighted by atomic mass is 32.1. The molecule has 2 aromatic carbocycles. The van der Waals surface area contributed by atoms with Gasteiger partial charge in [0, 0.05) is 16.3 Å². The number of benzene rings is 2. The van der Waals surface area contributed by atoms with Crippen LogP contribution in [0.3, 0.4) is 0 Å². The molecular formula is C22H23NO2S. The van der Waals surface area contributed by atoms with Gasteiger partial charge in [0.05, 0.1) is 12.0 Å². The van der Waals surface area contributed by atoms with Crippen LogP contribution in [0.15, 0.2) is 54.6 Å². The van der Waals surface area contributed by atoms with Crippen LogP contribution in [0.1, 0.15) is 34.2 Å². The molecule has 0 aliphatic carbocycles. The lowest BCUT2D eigenvalue weighted by atomic mass is 9.93. The van der Waals surface area contributed by atoms with Gasteiger partial charge < -0.3 is 5.11 Å². The summed E-state index contributed by atoms with van der Waals surface area (Å²) in [6.45, 7) is 3.68. The Labute approximate surface area is 157 Å².